The maximum Gasteiger partial charge on any atom is 0.253 e. The summed E-state index contributed by atoms with van der Waals surface area (Å²) >= 11 is 0. The molecular weight excluding hydrogens is 248 g/mol. The summed E-state index contributed by atoms with van der Waals surface area (Å²) in [5.41, 5.74) is -0.759. The summed E-state index contributed by atoms with van der Waals surface area (Å²) in [6, 6.07) is 0. The number of hydrogen-bond acceptors (Lipinski definition) is 2. The van der Waals surface area contributed by atoms with E-state index in [2.05, 4.69) is 10.3 Å². The van der Waals surface area contributed by atoms with Gasteiger partial charge in [0.2, 0.25) is 11.6 Å². The van der Waals surface area contributed by atoms with Crippen molar-refractivity contribution in [2.75, 3.05) is 11.9 Å². The van der Waals surface area contributed by atoms with E-state index < -0.39 is 29.2 Å². The lowest BCUT2D eigenvalue weighted by atomic mass is 9.89. The van der Waals surface area contributed by atoms with Crippen molar-refractivity contribution in [2.24, 2.45) is 5.92 Å². The van der Waals surface area contributed by atoms with Crippen molar-refractivity contribution in [2.45, 2.75) is 32.1 Å². The van der Waals surface area contributed by atoms with Crippen molar-refractivity contribution in [3.8, 4) is 0 Å². The first-order valence-corrected chi connectivity index (χ1v) is 6.03. The SMILES string of the molecule is Fc1nc(F)c(F)c(NCC2CCCCC2)c1F. The Bertz CT molecular complexity index is 404. The molecule has 1 aromatic rings. The summed E-state index contributed by atoms with van der Waals surface area (Å²) in [7, 11) is 0. The molecule has 0 saturated heterocycles. The molecule has 1 saturated carbocycles. The predicted molar refractivity (Wildman–Crippen MR) is 59.1 cm³/mol. The molecular formula is C12H14F4N2. The van der Waals surface area contributed by atoms with Gasteiger partial charge in [0.1, 0.15) is 5.69 Å². The number of aromatic nitrogens is 1. The van der Waals surface area contributed by atoms with E-state index in [0.717, 1.165) is 32.1 Å². The number of pyridine rings is 1. The average Bonchev–Trinajstić information content (AvgIpc) is 2.38. The zero-order valence-electron chi connectivity index (χ0n) is 9.78. The first-order chi connectivity index (χ1) is 8.59. The minimum Gasteiger partial charge on any atom is -0.380 e. The second kappa shape index (κ2) is 5.54. The van der Waals surface area contributed by atoms with Crippen LogP contribution in [0.1, 0.15) is 32.1 Å². The molecule has 0 aromatic carbocycles. The fourth-order valence-corrected chi connectivity index (χ4v) is 2.28. The van der Waals surface area contributed by atoms with Gasteiger partial charge in [-0.15, -0.1) is 0 Å². The van der Waals surface area contributed by atoms with Crippen molar-refractivity contribution < 1.29 is 17.6 Å². The molecule has 1 aromatic heterocycles. The Hall–Kier alpha value is -1.33. The van der Waals surface area contributed by atoms with Crippen molar-refractivity contribution in [3.63, 3.8) is 0 Å². The van der Waals surface area contributed by atoms with Crippen LogP contribution in [-0.4, -0.2) is 11.5 Å². The average molecular weight is 262 g/mol. The Kier molecular flexibility index (Phi) is 4.04. The molecule has 0 radical (unpaired) electrons. The number of nitrogens with zero attached hydrogens (tertiary/aromatic N) is 1. The molecule has 0 atom stereocenters. The molecule has 1 fully saturated rings. The molecule has 1 aliphatic carbocycles. The van der Waals surface area contributed by atoms with Crippen LogP contribution in [0.2, 0.25) is 0 Å². The van der Waals surface area contributed by atoms with Crippen molar-refractivity contribution in [3.05, 3.63) is 23.5 Å². The van der Waals surface area contributed by atoms with Crippen LogP contribution >= 0.6 is 0 Å². The van der Waals surface area contributed by atoms with E-state index in [1.54, 1.807) is 0 Å². The zero-order chi connectivity index (χ0) is 13.1. The molecule has 2 nitrogen and oxygen atoms in total. The molecule has 100 valence electrons. The van der Waals surface area contributed by atoms with Gasteiger partial charge in [0.15, 0.2) is 0 Å². The Morgan fingerprint density at radius 3 is 2.06 bits per heavy atom. The van der Waals surface area contributed by atoms with Crippen molar-refractivity contribution >= 4 is 5.69 Å². The van der Waals surface area contributed by atoms with Crippen molar-refractivity contribution in [1.82, 2.24) is 4.98 Å². The highest BCUT2D eigenvalue weighted by atomic mass is 19.2. The molecule has 6 heteroatoms. The zero-order valence-corrected chi connectivity index (χ0v) is 9.78. The van der Waals surface area contributed by atoms with Gasteiger partial charge in [-0.25, -0.2) is 0 Å². The highest BCUT2D eigenvalue weighted by Crippen LogP contribution is 2.26. The lowest BCUT2D eigenvalue weighted by molar-refractivity contribution is 0.370. The molecule has 0 unspecified atom stereocenters. The number of rotatable bonds is 3. The standard InChI is InChI=1S/C12H14F4N2/c13-8-10(9(14)12(16)18-11(8)15)17-6-7-4-2-1-3-5-7/h7H,1-6H2,(H,17,18). The fraction of sp³-hybridized carbons (Fsp3) is 0.583. The fourth-order valence-electron chi connectivity index (χ4n) is 2.28. The number of nitrogens with one attached hydrogen (secondary N) is 1. The largest absolute Gasteiger partial charge is 0.380 e. The van der Waals surface area contributed by atoms with Crippen LogP contribution in [0.25, 0.3) is 0 Å². The predicted octanol–water partition coefficient (Wildman–Crippen LogP) is 3.63. The summed E-state index contributed by atoms with van der Waals surface area (Å²) in [6.45, 7) is 0.316. The third-order valence-corrected chi connectivity index (χ3v) is 3.29. The van der Waals surface area contributed by atoms with Crippen LogP contribution in [0.4, 0.5) is 23.2 Å². The number of halogens is 4. The molecule has 0 amide bonds. The normalized spacial score (nSPS) is 16.9. The van der Waals surface area contributed by atoms with Gasteiger partial charge >= 0.3 is 0 Å². The van der Waals surface area contributed by atoms with E-state index in [1.165, 1.54) is 0 Å². The van der Waals surface area contributed by atoms with Gasteiger partial charge < -0.3 is 5.32 Å². The summed E-state index contributed by atoms with van der Waals surface area (Å²) in [4.78, 5) is 2.50. The van der Waals surface area contributed by atoms with Gasteiger partial charge in [-0.1, -0.05) is 19.3 Å². The van der Waals surface area contributed by atoms with Gasteiger partial charge in [0.25, 0.3) is 11.9 Å². The Labute approximate surface area is 102 Å². The lowest BCUT2D eigenvalue weighted by Crippen LogP contribution is -2.19. The molecule has 2 rings (SSSR count). The summed E-state index contributed by atoms with van der Waals surface area (Å²) in [5.74, 6) is -5.90. The summed E-state index contributed by atoms with van der Waals surface area (Å²) in [5, 5.41) is 2.46. The Balaban J connectivity index is 2.08. The van der Waals surface area contributed by atoms with Gasteiger partial charge in [0.05, 0.1) is 0 Å². The summed E-state index contributed by atoms with van der Waals surface area (Å²) in [6.07, 6.45) is 5.25. The highest BCUT2D eigenvalue weighted by molar-refractivity contribution is 5.45. The first-order valence-electron chi connectivity index (χ1n) is 6.03. The van der Waals surface area contributed by atoms with E-state index >= 15 is 0 Å². The third kappa shape index (κ3) is 2.73. The van der Waals surface area contributed by atoms with Crippen LogP contribution in [0.5, 0.6) is 0 Å². The smallest absolute Gasteiger partial charge is 0.253 e. The Morgan fingerprint density at radius 1 is 0.944 bits per heavy atom. The van der Waals surface area contributed by atoms with Gasteiger partial charge in [-0.2, -0.15) is 22.5 Å². The lowest BCUT2D eigenvalue weighted by Gasteiger charge is -2.22. The van der Waals surface area contributed by atoms with E-state index in [4.69, 9.17) is 0 Å². The van der Waals surface area contributed by atoms with Crippen LogP contribution in [-0.2, 0) is 0 Å². The van der Waals surface area contributed by atoms with Crippen LogP contribution in [0, 0.1) is 29.4 Å². The van der Waals surface area contributed by atoms with Gasteiger partial charge in [-0.05, 0) is 18.8 Å². The quantitative estimate of drug-likeness (QED) is 0.664. The van der Waals surface area contributed by atoms with E-state index in [1.807, 2.05) is 0 Å². The molecule has 0 spiro atoms. The first kappa shape index (κ1) is 13.1. The second-order valence-electron chi connectivity index (χ2n) is 4.58. The second-order valence-corrected chi connectivity index (χ2v) is 4.58. The van der Waals surface area contributed by atoms with E-state index in [0.29, 0.717) is 6.54 Å². The minimum absolute atomic E-state index is 0.289. The topological polar surface area (TPSA) is 24.9 Å². The molecule has 1 aliphatic rings. The molecule has 18 heavy (non-hydrogen) atoms. The monoisotopic (exact) mass is 262 g/mol. The molecule has 0 aliphatic heterocycles. The van der Waals surface area contributed by atoms with E-state index in [9.17, 15) is 17.6 Å². The highest BCUT2D eigenvalue weighted by Gasteiger charge is 2.21. The van der Waals surface area contributed by atoms with Crippen LogP contribution in [0.15, 0.2) is 0 Å². The van der Waals surface area contributed by atoms with Crippen molar-refractivity contribution in [1.29, 1.82) is 0 Å². The van der Waals surface area contributed by atoms with Crippen LogP contribution in [0.3, 0.4) is 0 Å². The third-order valence-electron chi connectivity index (χ3n) is 3.29. The maximum absolute atomic E-state index is 13.3. The number of hydrogen-bond donors (Lipinski definition) is 1. The molecule has 1 heterocycles. The minimum atomic E-state index is -1.62. The summed E-state index contributed by atoms with van der Waals surface area (Å²) < 4.78 is 52.3. The Morgan fingerprint density at radius 2 is 1.50 bits per heavy atom. The number of anilines is 1. The van der Waals surface area contributed by atoms with Gasteiger partial charge in [-0.3, -0.25) is 0 Å². The molecule has 1 N–H and O–H groups in total. The van der Waals surface area contributed by atoms with Gasteiger partial charge in [0, 0.05) is 6.54 Å². The molecule has 0 bridgehead atoms. The van der Waals surface area contributed by atoms with E-state index in [-0.39, 0.29) is 5.92 Å². The van der Waals surface area contributed by atoms with Crippen LogP contribution < -0.4 is 5.32 Å². The maximum atomic E-state index is 13.3.